The first kappa shape index (κ1) is 18.4. The van der Waals surface area contributed by atoms with Gasteiger partial charge in [0.25, 0.3) is 11.8 Å². The smallest absolute Gasteiger partial charge is 0.271 e. The van der Waals surface area contributed by atoms with E-state index in [0.717, 1.165) is 0 Å². The van der Waals surface area contributed by atoms with E-state index < -0.39 is 11.8 Å². The van der Waals surface area contributed by atoms with Gasteiger partial charge in [0.2, 0.25) is 5.75 Å². The maximum atomic E-state index is 12.6. The molecule has 0 radical (unpaired) electrons. The van der Waals surface area contributed by atoms with E-state index in [1.807, 2.05) is 41.2 Å². The molecule has 4 rings (SSSR count). The van der Waals surface area contributed by atoms with Crippen LogP contribution in [0.15, 0.2) is 60.9 Å². The first-order valence-corrected chi connectivity index (χ1v) is 8.98. The molecule has 29 heavy (non-hydrogen) atoms. The first-order chi connectivity index (χ1) is 14.2. The van der Waals surface area contributed by atoms with Gasteiger partial charge in [0, 0.05) is 18.0 Å². The molecule has 1 aliphatic heterocycles. The number of para-hydroxylation sites is 1. The molecule has 3 aromatic rings. The zero-order chi connectivity index (χ0) is 20.2. The van der Waals surface area contributed by atoms with Crippen molar-refractivity contribution in [2.24, 2.45) is 0 Å². The molecule has 2 amide bonds. The number of fused-ring (bicyclic) bond motifs is 1. The fourth-order valence-corrected chi connectivity index (χ4v) is 3.04. The molecule has 0 spiro atoms. The monoisotopic (exact) mass is 393 g/mol. The summed E-state index contributed by atoms with van der Waals surface area (Å²) in [5, 5.41) is 0. The molecule has 148 valence electrons. The molecule has 0 saturated heterocycles. The second-order valence-corrected chi connectivity index (χ2v) is 6.22. The number of hydrogen-bond donors (Lipinski definition) is 2. The lowest BCUT2D eigenvalue weighted by Crippen LogP contribution is -2.42. The standard InChI is InChI=1S/C21H19N3O5/c1-27-17-12-14(13-18-19(17)29-11-10-28-18)20(25)22-23-21(26)15-6-2-3-7-16(15)24-8-4-5-9-24/h2-9,12-13H,10-11H2,1H3,(H,22,25)(H,23,26). The Labute approximate surface area is 167 Å². The predicted octanol–water partition coefficient (Wildman–Crippen LogP) is 2.33. The number of carbonyl (C=O) groups excluding carboxylic acids is 2. The fourth-order valence-electron chi connectivity index (χ4n) is 3.04. The fraction of sp³-hybridized carbons (Fsp3) is 0.143. The van der Waals surface area contributed by atoms with Gasteiger partial charge < -0.3 is 18.8 Å². The summed E-state index contributed by atoms with van der Waals surface area (Å²) in [7, 11) is 1.48. The van der Waals surface area contributed by atoms with Crippen LogP contribution in [0.1, 0.15) is 20.7 Å². The van der Waals surface area contributed by atoms with Crippen molar-refractivity contribution in [3.63, 3.8) is 0 Å². The number of ether oxygens (including phenoxy) is 3. The van der Waals surface area contributed by atoms with E-state index in [1.54, 1.807) is 18.2 Å². The van der Waals surface area contributed by atoms with Crippen molar-refractivity contribution in [3.8, 4) is 22.9 Å². The summed E-state index contributed by atoms with van der Waals surface area (Å²) >= 11 is 0. The van der Waals surface area contributed by atoms with Gasteiger partial charge in [-0.2, -0.15) is 0 Å². The lowest BCUT2D eigenvalue weighted by Gasteiger charge is -2.21. The van der Waals surface area contributed by atoms with Crippen LogP contribution < -0.4 is 25.1 Å². The maximum absolute atomic E-state index is 12.6. The van der Waals surface area contributed by atoms with Crippen LogP contribution in [0.25, 0.3) is 5.69 Å². The van der Waals surface area contributed by atoms with E-state index >= 15 is 0 Å². The average molecular weight is 393 g/mol. The van der Waals surface area contributed by atoms with Crippen LogP contribution in [-0.4, -0.2) is 36.7 Å². The van der Waals surface area contributed by atoms with Crippen molar-refractivity contribution in [1.29, 1.82) is 0 Å². The molecule has 2 heterocycles. The van der Waals surface area contributed by atoms with Crippen LogP contribution >= 0.6 is 0 Å². The van der Waals surface area contributed by atoms with Crippen molar-refractivity contribution < 1.29 is 23.8 Å². The number of amides is 2. The van der Waals surface area contributed by atoms with E-state index in [9.17, 15) is 9.59 Å². The average Bonchev–Trinajstić information content (AvgIpc) is 3.31. The van der Waals surface area contributed by atoms with Gasteiger partial charge in [0.1, 0.15) is 13.2 Å². The van der Waals surface area contributed by atoms with Crippen LogP contribution in [0, 0.1) is 0 Å². The number of rotatable bonds is 4. The number of carbonyl (C=O) groups is 2. The Balaban J connectivity index is 1.50. The number of aromatic nitrogens is 1. The van der Waals surface area contributed by atoms with Gasteiger partial charge in [0.05, 0.1) is 18.4 Å². The van der Waals surface area contributed by atoms with Crippen molar-refractivity contribution in [2.45, 2.75) is 0 Å². The van der Waals surface area contributed by atoms with Crippen molar-refractivity contribution in [1.82, 2.24) is 15.4 Å². The summed E-state index contributed by atoms with van der Waals surface area (Å²) in [6.07, 6.45) is 3.68. The van der Waals surface area contributed by atoms with Crippen molar-refractivity contribution >= 4 is 11.8 Å². The molecule has 1 aromatic heterocycles. The molecule has 0 unspecified atom stereocenters. The SMILES string of the molecule is COc1cc(C(=O)NNC(=O)c2ccccc2-n2cccc2)cc2c1OCCO2. The van der Waals surface area contributed by atoms with Gasteiger partial charge in [-0.05, 0) is 36.4 Å². The lowest BCUT2D eigenvalue weighted by molar-refractivity contribution is 0.0845. The molecule has 0 atom stereocenters. The number of nitrogens with one attached hydrogen (secondary N) is 2. The van der Waals surface area contributed by atoms with Crippen LogP contribution in [0.2, 0.25) is 0 Å². The van der Waals surface area contributed by atoms with E-state index in [2.05, 4.69) is 10.9 Å². The highest BCUT2D eigenvalue weighted by atomic mass is 16.6. The third-order valence-corrected chi connectivity index (χ3v) is 4.41. The van der Waals surface area contributed by atoms with Crippen molar-refractivity contribution in [3.05, 3.63) is 72.1 Å². The normalized spacial score (nSPS) is 12.2. The third-order valence-electron chi connectivity index (χ3n) is 4.41. The second-order valence-electron chi connectivity index (χ2n) is 6.22. The van der Waals surface area contributed by atoms with Gasteiger partial charge in [-0.15, -0.1) is 0 Å². The predicted molar refractivity (Wildman–Crippen MR) is 105 cm³/mol. The molecule has 2 aromatic carbocycles. The van der Waals surface area contributed by atoms with Crippen LogP contribution in [0.5, 0.6) is 17.2 Å². The van der Waals surface area contributed by atoms with Gasteiger partial charge in [0.15, 0.2) is 11.5 Å². The number of hydrazine groups is 1. The van der Waals surface area contributed by atoms with Gasteiger partial charge >= 0.3 is 0 Å². The Morgan fingerprint density at radius 3 is 2.48 bits per heavy atom. The van der Waals surface area contributed by atoms with E-state index in [1.165, 1.54) is 13.2 Å². The second kappa shape index (κ2) is 7.97. The summed E-state index contributed by atoms with van der Waals surface area (Å²) in [6.45, 7) is 0.792. The minimum absolute atomic E-state index is 0.269. The number of hydrogen-bond acceptors (Lipinski definition) is 5. The first-order valence-electron chi connectivity index (χ1n) is 8.98. The number of methoxy groups -OCH3 is 1. The molecular weight excluding hydrogens is 374 g/mol. The Morgan fingerprint density at radius 2 is 1.69 bits per heavy atom. The quantitative estimate of drug-likeness (QED) is 0.664. The summed E-state index contributed by atoms with van der Waals surface area (Å²) in [6, 6.07) is 13.9. The minimum atomic E-state index is -0.507. The number of nitrogens with zero attached hydrogens (tertiary/aromatic N) is 1. The highest BCUT2D eigenvalue weighted by Gasteiger charge is 2.21. The largest absolute Gasteiger partial charge is 0.493 e. The molecule has 2 N–H and O–H groups in total. The highest BCUT2D eigenvalue weighted by molar-refractivity contribution is 6.01. The van der Waals surface area contributed by atoms with E-state index in [-0.39, 0.29) is 5.56 Å². The van der Waals surface area contributed by atoms with Crippen LogP contribution in [0.3, 0.4) is 0 Å². The zero-order valence-corrected chi connectivity index (χ0v) is 15.7. The molecule has 8 heteroatoms. The molecule has 0 saturated carbocycles. The number of benzene rings is 2. The molecule has 0 fully saturated rings. The molecular formula is C21H19N3O5. The topological polar surface area (TPSA) is 90.8 Å². The lowest BCUT2D eigenvalue weighted by atomic mass is 10.1. The van der Waals surface area contributed by atoms with E-state index in [4.69, 9.17) is 14.2 Å². The molecule has 0 aliphatic carbocycles. The van der Waals surface area contributed by atoms with Gasteiger partial charge in [-0.1, -0.05) is 12.1 Å². The summed E-state index contributed by atoms with van der Waals surface area (Å²) < 4.78 is 18.2. The molecule has 1 aliphatic rings. The Kier molecular flexibility index (Phi) is 5.07. The Morgan fingerprint density at radius 1 is 0.966 bits per heavy atom. The van der Waals surface area contributed by atoms with Crippen molar-refractivity contribution in [2.75, 3.05) is 20.3 Å². The minimum Gasteiger partial charge on any atom is -0.493 e. The zero-order valence-electron chi connectivity index (χ0n) is 15.7. The van der Waals surface area contributed by atoms with E-state index in [0.29, 0.717) is 41.7 Å². The van der Waals surface area contributed by atoms with Crippen LogP contribution in [-0.2, 0) is 0 Å². The maximum Gasteiger partial charge on any atom is 0.271 e. The Hall–Kier alpha value is -3.94. The Bertz CT molecular complexity index is 1030. The van der Waals surface area contributed by atoms with Gasteiger partial charge in [-0.25, -0.2) is 0 Å². The van der Waals surface area contributed by atoms with Gasteiger partial charge in [-0.3, -0.25) is 20.4 Å². The highest BCUT2D eigenvalue weighted by Crippen LogP contribution is 2.40. The molecule has 0 bridgehead atoms. The third kappa shape index (κ3) is 3.73. The summed E-state index contributed by atoms with van der Waals surface area (Å²) in [4.78, 5) is 25.2. The molecule has 8 nitrogen and oxygen atoms in total. The van der Waals surface area contributed by atoms with Crippen LogP contribution in [0.4, 0.5) is 0 Å². The summed E-state index contributed by atoms with van der Waals surface area (Å²) in [5.74, 6) is 0.320. The summed E-state index contributed by atoms with van der Waals surface area (Å²) in [5.41, 5.74) is 6.27.